The van der Waals surface area contributed by atoms with Crippen molar-refractivity contribution in [2.75, 3.05) is 73.6 Å². The Bertz CT molecular complexity index is 2980. The number of aliphatic hydroxyl groups excluding tert-OH is 3. The summed E-state index contributed by atoms with van der Waals surface area (Å²) in [6.07, 6.45) is -9.64. The Morgan fingerprint density at radius 2 is 1.46 bits per heavy atom. The molecule has 2 aromatic rings. The van der Waals surface area contributed by atoms with E-state index in [9.17, 15) is 68.4 Å². The molecule has 8 N–H and O–H groups in total. The van der Waals surface area contributed by atoms with E-state index in [1.54, 1.807) is 49.8 Å². The molecule has 0 radical (unpaired) electrons. The van der Waals surface area contributed by atoms with Gasteiger partial charge in [0, 0.05) is 72.4 Å². The summed E-state index contributed by atoms with van der Waals surface area (Å²) in [6, 6.07) is 10.0. The van der Waals surface area contributed by atoms with Crippen molar-refractivity contribution in [3.8, 4) is 5.75 Å². The van der Waals surface area contributed by atoms with Crippen molar-refractivity contribution in [1.82, 2.24) is 40.4 Å². The van der Waals surface area contributed by atoms with Gasteiger partial charge >= 0.3 is 12.1 Å². The van der Waals surface area contributed by atoms with Crippen LogP contribution in [0.25, 0.3) is 0 Å². The molecular weight excluding hydrogens is 1250 g/mol. The number of carboxylic acids is 1. The zero-order valence-corrected chi connectivity index (χ0v) is 57.6. The predicted octanol–water partition coefficient (Wildman–Crippen LogP) is 2.54. The van der Waals surface area contributed by atoms with Gasteiger partial charge in [0.25, 0.3) is 11.8 Å². The molecule has 534 valence electrons. The lowest BCUT2D eigenvalue weighted by Gasteiger charge is -2.41. The van der Waals surface area contributed by atoms with Crippen LogP contribution in [-0.2, 0) is 73.4 Å². The molecular formula is C67H101N9O20. The van der Waals surface area contributed by atoms with Crippen LogP contribution < -0.4 is 26.0 Å². The van der Waals surface area contributed by atoms with Crippen molar-refractivity contribution in [3.05, 3.63) is 71.8 Å². The number of anilines is 1. The number of nitrogens with one attached hydrogen (secondary N) is 4. The first-order valence-electron chi connectivity index (χ1n) is 32.7. The molecule has 0 unspecified atom stereocenters. The number of benzene rings is 2. The average Bonchev–Trinajstić information content (AvgIpc) is 1.39. The number of likely N-dealkylation sites (N-methyl/N-ethyl adjacent to an activating group) is 2. The third kappa shape index (κ3) is 20.9. The monoisotopic (exact) mass is 1350 g/mol. The largest absolute Gasteiger partial charge is 0.479 e. The molecule has 29 nitrogen and oxygen atoms in total. The predicted molar refractivity (Wildman–Crippen MR) is 349 cm³/mol. The fourth-order valence-electron chi connectivity index (χ4n) is 12.3. The number of hydrogen-bond acceptors (Lipinski definition) is 20. The number of amides is 9. The summed E-state index contributed by atoms with van der Waals surface area (Å²) >= 11 is 0. The molecule has 9 amide bonds. The maximum absolute atomic E-state index is 14.6. The lowest BCUT2D eigenvalue weighted by Crippen LogP contribution is -2.61. The molecule has 96 heavy (non-hydrogen) atoms. The molecule has 2 aromatic carbocycles. The summed E-state index contributed by atoms with van der Waals surface area (Å²) < 4.78 is 35.5. The average molecular weight is 1350 g/mol. The van der Waals surface area contributed by atoms with E-state index in [1.807, 2.05) is 78.7 Å². The van der Waals surface area contributed by atoms with E-state index in [4.69, 9.17) is 28.4 Å². The second kappa shape index (κ2) is 37.2. The molecule has 15 atom stereocenters. The van der Waals surface area contributed by atoms with Gasteiger partial charge < -0.3 is 79.9 Å². The van der Waals surface area contributed by atoms with Gasteiger partial charge in [-0.1, -0.05) is 91.3 Å². The number of hydrogen-bond donors (Lipinski definition) is 8. The number of imide groups is 1. The van der Waals surface area contributed by atoms with Crippen LogP contribution >= 0.6 is 0 Å². The van der Waals surface area contributed by atoms with Gasteiger partial charge in [-0.05, 0) is 81.8 Å². The molecule has 29 heteroatoms. The molecule has 0 aliphatic carbocycles. The molecule has 2 saturated heterocycles. The number of aliphatic hydroxyl groups is 3. The third-order valence-electron chi connectivity index (χ3n) is 17.8. The molecule has 2 fully saturated rings. The van der Waals surface area contributed by atoms with Crippen molar-refractivity contribution in [3.63, 3.8) is 0 Å². The number of rotatable bonds is 36. The van der Waals surface area contributed by atoms with Crippen molar-refractivity contribution >= 4 is 65.0 Å². The van der Waals surface area contributed by atoms with Crippen LogP contribution in [0.4, 0.5) is 10.5 Å². The van der Waals surface area contributed by atoms with Crippen LogP contribution in [0.5, 0.6) is 5.75 Å². The molecule has 5 rings (SSSR count). The van der Waals surface area contributed by atoms with Gasteiger partial charge in [0.1, 0.15) is 49.5 Å². The van der Waals surface area contributed by atoms with E-state index in [2.05, 4.69) is 21.3 Å². The molecule has 3 aliphatic heterocycles. The second-order valence-corrected chi connectivity index (χ2v) is 25.5. The van der Waals surface area contributed by atoms with Gasteiger partial charge in [-0.15, -0.1) is 0 Å². The smallest absolute Gasteiger partial charge is 0.411 e. The summed E-state index contributed by atoms with van der Waals surface area (Å²) in [5, 5.41) is 52.3. The van der Waals surface area contributed by atoms with Crippen LogP contribution in [0.1, 0.15) is 118 Å². The highest BCUT2D eigenvalue weighted by molar-refractivity contribution is 6.13. The number of carboxylic acid groups (broad SMARTS) is 1. The molecule has 3 aliphatic rings. The van der Waals surface area contributed by atoms with Gasteiger partial charge in [-0.3, -0.25) is 53.1 Å². The Kier molecular flexibility index (Phi) is 30.6. The molecule has 0 bridgehead atoms. The van der Waals surface area contributed by atoms with Crippen molar-refractivity contribution < 1.29 is 96.8 Å². The van der Waals surface area contributed by atoms with Gasteiger partial charge in [-0.25, -0.2) is 9.59 Å². The Morgan fingerprint density at radius 3 is 2.04 bits per heavy atom. The van der Waals surface area contributed by atoms with Gasteiger partial charge in [-0.2, -0.15) is 0 Å². The first kappa shape index (κ1) is 79.1. The zero-order valence-electron chi connectivity index (χ0n) is 57.6. The lowest BCUT2D eigenvalue weighted by molar-refractivity contribution is -0.271. The number of aliphatic carboxylic acids is 1. The summed E-state index contributed by atoms with van der Waals surface area (Å²) in [6.45, 7) is 16.2. The fourth-order valence-corrected chi connectivity index (χ4v) is 12.3. The van der Waals surface area contributed by atoms with Crippen molar-refractivity contribution in [1.29, 1.82) is 0 Å². The van der Waals surface area contributed by atoms with E-state index < -0.39 is 133 Å². The molecule has 0 saturated carbocycles. The quantitative estimate of drug-likeness (QED) is 0.0359. The summed E-state index contributed by atoms with van der Waals surface area (Å²) in [5.74, 6) is -6.60. The molecule has 3 heterocycles. The second-order valence-electron chi connectivity index (χ2n) is 25.5. The lowest BCUT2D eigenvalue weighted by atomic mass is 9.89. The van der Waals surface area contributed by atoms with Crippen LogP contribution in [0.3, 0.4) is 0 Å². The van der Waals surface area contributed by atoms with E-state index in [0.717, 1.165) is 17.1 Å². The van der Waals surface area contributed by atoms with Crippen LogP contribution in [0.15, 0.2) is 60.7 Å². The van der Waals surface area contributed by atoms with E-state index >= 15 is 0 Å². The normalized spacial score (nSPS) is 21.5. The number of carbonyl (C=O) groups is 10. The first-order chi connectivity index (χ1) is 45.4. The maximum atomic E-state index is 14.6. The number of nitrogens with zero attached hydrogens (tertiary/aromatic N) is 5. The van der Waals surface area contributed by atoms with Gasteiger partial charge in [0.2, 0.25) is 41.7 Å². The van der Waals surface area contributed by atoms with E-state index in [0.29, 0.717) is 31.4 Å². The Hall–Kier alpha value is -7.64. The van der Waals surface area contributed by atoms with Gasteiger partial charge in [0.05, 0.1) is 54.4 Å². The highest BCUT2D eigenvalue weighted by Crippen LogP contribution is 2.34. The van der Waals surface area contributed by atoms with Crippen LogP contribution in [0.2, 0.25) is 0 Å². The Labute approximate surface area is 561 Å². The zero-order chi connectivity index (χ0) is 71.4. The minimum Gasteiger partial charge on any atom is -0.479 e. The van der Waals surface area contributed by atoms with E-state index in [-0.39, 0.29) is 98.1 Å². The Morgan fingerprint density at radius 1 is 0.792 bits per heavy atom. The maximum Gasteiger partial charge on any atom is 0.411 e. The number of likely N-dealkylation sites (tertiary alicyclic amines) is 1. The Balaban J connectivity index is 1.25. The number of carbonyl (C=O) groups excluding carboxylic acids is 9. The van der Waals surface area contributed by atoms with Crippen molar-refractivity contribution in [2.24, 2.45) is 23.7 Å². The molecule has 0 spiro atoms. The summed E-state index contributed by atoms with van der Waals surface area (Å²) in [7, 11) is 8.36. The number of methoxy groups -OCH3 is 2. The van der Waals surface area contributed by atoms with Crippen LogP contribution in [-0.4, -0.2) is 246 Å². The SMILES string of the molecule is CC[C@H](C)[C@@H]([C@@H](CC(=O)N1CCC[C@H]1[C@H](OC)[C@@H](C)C(=O)N[C@H](C)[C@@H](OCN(CC)C(=O)OCc1ccc(O[C@H]2O[C@@H](C(=O)O)[C@H](O)[C@@H](O)[C@@H]2O)c(NC(=O)CCNC(=O)CCN2C(=O)C=CC2=O)c1)c1ccccc1)OC)N(C)C(=O)[C@@H](NC(=O)[C@H](C(C)C)N(C)C)C(C)C. The first-order valence-corrected chi connectivity index (χ1v) is 32.7. The topological polar surface area (TPSA) is 371 Å². The summed E-state index contributed by atoms with van der Waals surface area (Å²) in [4.78, 5) is 140. The summed E-state index contributed by atoms with van der Waals surface area (Å²) in [5.41, 5.74) is 0.835. The molecule has 0 aromatic heterocycles. The highest BCUT2D eigenvalue weighted by atomic mass is 16.7. The highest BCUT2D eigenvalue weighted by Gasteiger charge is 2.49. The standard InChI is InChI=1S/C67H101N9O20/c1-15-39(7)55(73(12)64(87)53(37(3)4)71-63(86)54(38(5)6)72(10)11)47(91-13)34-52(81)75-31-20-23-45(75)59(92-14)40(8)62(85)69-41(9)60(43-21-18-17-19-22-43)94-36-74(16-2)67(90)93-35-42-24-25-46(95-66-58(84)56(82)57(83)61(96-66)65(88)89)44(33-42)70-49(78)28-30-68-48(77)29-32-76-50(79)26-27-51(76)80/h17-19,21-22,24-27,33,37-41,45,47,53-61,66,82-84H,15-16,20,23,28-32,34-36H2,1-14H3,(H,68,77)(H,69,85)(H,70,78)(H,71,86)(H,88,89)/t39-,40+,41+,45-,47+,53-,54-,55-,56+,57+,58-,59+,60+,61+,66-/m0/s1. The minimum absolute atomic E-state index is 0.0153. The minimum atomic E-state index is -2.02. The third-order valence-corrected chi connectivity index (χ3v) is 17.8. The number of ether oxygens (including phenoxy) is 6. The van der Waals surface area contributed by atoms with E-state index in [1.165, 1.54) is 37.3 Å². The van der Waals surface area contributed by atoms with Gasteiger partial charge in [0.15, 0.2) is 6.10 Å². The van der Waals surface area contributed by atoms with Crippen LogP contribution in [0, 0.1) is 23.7 Å². The van der Waals surface area contributed by atoms with Crippen molar-refractivity contribution in [2.45, 2.75) is 187 Å². The fraction of sp³-hybridized carbons (Fsp3) is 0.642.